The largest absolute Gasteiger partial charge is 0.389 e. The van der Waals surface area contributed by atoms with Crippen molar-refractivity contribution in [3.63, 3.8) is 0 Å². The third kappa shape index (κ3) is 5.16. The highest BCUT2D eigenvalue weighted by Gasteiger charge is 2.31. The minimum atomic E-state index is -0.873. The highest BCUT2D eigenvalue weighted by atomic mass is 16.3. The highest BCUT2D eigenvalue weighted by Crippen LogP contribution is 2.29. The number of benzene rings is 1. The summed E-state index contributed by atoms with van der Waals surface area (Å²) >= 11 is 0. The molecule has 0 spiro atoms. The summed E-state index contributed by atoms with van der Waals surface area (Å²) in [4.78, 5) is 14.7. The zero-order chi connectivity index (χ0) is 16.0. The van der Waals surface area contributed by atoms with Crippen molar-refractivity contribution in [2.24, 2.45) is 5.92 Å². The average molecular weight is 291 g/mol. The summed E-state index contributed by atoms with van der Waals surface area (Å²) in [6.45, 7) is 10.6. The lowest BCUT2D eigenvalue weighted by Crippen LogP contribution is -2.45. The van der Waals surface area contributed by atoms with Gasteiger partial charge in [0.05, 0.1) is 11.5 Å². The molecule has 21 heavy (non-hydrogen) atoms. The zero-order valence-corrected chi connectivity index (χ0v) is 14.0. The maximum Gasteiger partial charge on any atom is 0.230 e. The molecule has 0 radical (unpaired) electrons. The molecule has 0 saturated heterocycles. The van der Waals surface area contributed by atoms with Gasteiger partial charge in [0.25, 0.3) is 0 Å². The SMILES string of the molecule is CCC(C)C(C(=O)N(CC)CC(C)(C)O)c1ccccc1. The predicted molar refractivity (Wildman–Crippen MR) is 87.2 cm³/mol. The highest BCUT2D eigenvalue weighted by molar-refractivity contribution is 5.84. The van der Waals surface area contributed by atoms with Gasteiger partial charge in [-0.1, -0.05) is 50.6 Å². The van der Waals surface area contributed by atoms with Crippen LogP contribution in [-0.4, -0.2) is 34.6 Å². The quantitative estimate of drug-likeness (QED) is 0.836. The van der Waals surface area contributed by atoms with E-state index in [4.69, 9.17) is 0 Å². The van der Waals surface area contributed by atoms with Crippen molar-refractivity contribution in [2.75, 3.05) is 13.1 Å². The van der Waals surface area contributed by atoms with Gasteiger partial charge in [-0.05, 0) is 32.3 Å². The van der Waals surface area contributed by atoms with E-state index in [0.717, 1.165) is 12.0 Å². The molecule has 1 amide bonds. The zero-order valence-electron chi connectivity index (χ0n) is 14.0. The van der Waals surface area contributed by atoms with Crippen molar-refractivity contribution in [3.05, 3.63) is 35.9 Å². The van der Waals surface area contributed by atoms with Crippen molar-refractivity contribution in [2.45, 2.75) is 52.6 Å². The Labute approximate surface area is 129 Å². The van der Waals surface area contributed by atoms with Gasteiger partial charge in [0.1, 0.15) is 0 Å². The number of hydrogen-bond donors (Lipinski definition) is 1. The number of likely N-dealkylation sites (N-methyl/N-ethyl adjacent to an activating group) is 1. The first kappa shape index (κ1) is 17.7. The number of nitrogens with zero attached hydrogens (tertiary/aromatic N) is 1. The molecule has 0 aliphatic heterocycles. The molecule has 0 fully saturated rings. The normalized spacial score (nSPS) is 14.6. The van der Waals surface area contributed by atoms with Gasteiger partial charge in [0, 0.05) is 13.1 Å². The fraction of sp³-hybridized carbons (Fsp3) is 0.611. The lowest BCUT2D eigenvalue weighted by atomic mass is 9.84. The van der Waals surface area contributed by atoms with E-state index in [1.807, 2.05) is 37.3 Å². The summed E-state index contributed by atoms with van der Waals surface area (Å²) in [5, 5.41) is 10.0. The number of carbonyl (C=O) groups excluding carboxylic acids is 1. The maximum atomic E-state index is 13.0. The van der Waals surface area contributed by atoms with Crippen LogP contribution in [0.2, 0.25) is 0 Å². The van der Waals surface area contributed by atoms with Crippen LogP contribution in [0.15, 0.2) is 30.3 Å². The predicted octanol–water partition coefficient (Wildman–Crippen LogP) is 3.44. The minimum absolute atomic E-state index is 0.111. The van der Waals surface area contributed by atoms with E-state index in [1.165, 1.54) is 0 Å². The summed E-state index contributed by atoms with van der Waals surface area (Å²) in [5.41, 5.74) is 0.188. The van der Waals surface area contributed by atoms with Crippen molar-refractivity contribution >= 4 is 5.91 Å². The first-order valence-corrected chi connectivity index (χ1v) is 7.86. The third-order valence-corrected chi connectivity index (χ3v) is 3.91. The van der Waals surface area contributed by atoms with Crippen LogP contribution in [-0.2, 0) is 4.79 Å². The van der Waals surface area contributed by atoms with Crippen LogP contribution in [0.3, 0.4) is 0 Å². The van der Waals surface area contributed by atoms with Crippen LogP contribution in [0, 0.1) is 5.92 Å². The lowest BCUT2D eigenvalue weighted by molar-refractivity contribution is -0.136. The van der Waals surface area contributed by atoms with Gasteiger partial charge in [-0.25, -0.2) is 0 Å². The Morgan fingerprint density at radius 2 is 1.81 bits per heavy atom. The molecule has 1 aromatic carbocycles. The van der Waals surface area contributed by atoms with Crippen LogP contribution in [0.25, 0.3) is 0 Å². The van der Waals surface area contributed by atoms with Gasteiger partial charge < -0.3 is 10.0 Å². The fourth-order valence-corrected chi connectivity index (χ4v) is 2.62. The van der Waals surface area contributed by atoms with Crippen molar-refractivity contribution in [1.82, 2.24) is 4.90 Å². The summed E-state index contributed by atoms with van der Waals surface area (Å²) in [7, 11) is 0. The standard InChI is InChI=1S/C18H29NO2/c1-6-14(3)16(15-11-9-8-10-12-15)17(20)19(7-2)13-18(4,5)21/h8-12,14,16,21H,6-7,13H2,1-5H3. The van der Waals surface area contributed by atoms with Gasteiger partial charge in [-0.15, -0.1) is 0 Å². The number of aliphatic hydroxyl groups is 1. The number of amides is 1. The Morgan fingerprint density at radius 3 is 2.24 bits per heavy atom. The average Bonchev–Trinajstić information content (AvgIpc) is 2.44. The molecule has 3 nitrogen and oxygen atoms in total. The van der Waals surface area contributed by atoms with Crippen molar-refractivity contribution in [1.29, 1.82) is 0 Å². The number of carbonyl (C=O) groups is 1. The van der Waals surface area contributed by atoms with Crippen LogP contribution in [0.4, 0.5) is 0 Å². The molecule has 0 heterocycles. The van der Waals surface area contributed by atoms with Crippen molar-refractivity contribution in [3.8, 4) is 0 Å². The second-order valence-corrected chi connectivity index (χ2v) is 6.44. The molecule has 1 rings (SSSR count). The first-order chi connectivity index (χ1) is 9.80. The second-order valence-electron chi connectivity index (χ2n) is 6.44. The summed E-state index contributed by atoms with van der Waals surface area (Å²) in [6.07, 6.45) is 0.950. The summed E-state index contributed by atoms with van der Waals surface area (Å²) < 4.78 is 0. The van der Waals surface area contributed by atoms with Crippen LogP contribution < -0.4 is 0 Å². The van der Waals surface area contributed by atoms with Gasteiger partial charge in [-0.2, -0.15) is 0 Å². The monoisotopic (exact) mass is 291 g/mol. The summed E-state index contributed by atoms with van der Waals surface area (Å²) in [5.74, 6) is 0.245. The molecule has 0 bridgehead atoms. The van der Waals surface area contributed by atoms with Crippen LogP contribution in [0.1, 0.15) is 52.5 Å². The van der Waals surface area contributed by atoms with E-state index in [9.17, 15) is 9.90 Å². The first-order valence-electron chi connectivity index (χ1n) is 7.86. The fourth-order valence-electron chi connectivity index (χ4n) is 2.62. The van der Waals surface area contributed by atoms with Crippen molar-refractivity contribution < 1.29 is 9.90 Å². The molecule has 2 atom stereocenters. The van der Waals surface area contributed by atoms with Gasteiger partial charge >= 0.3 is 0 Å². The molecule has 0 aliphatic rings. The number of rotatable bonds is 7. The van der Waals surface area contributed by atoms with Crippen LogP contribution in [0.5, 0.6) is 0 Å². The maximum absolute atomic E-state index is 13.0. The topological polar surface area (TPSA) is 40.5 Å². The number of hydrogen-bond acceptors (Lipinski definition) is 2. The Kier molecular flexibility index (Phi) is 6.41. The Balaban J connectivity index is 3.05. The van der Waals surface area contributed by atoms with E-state index in [0.29, 0.717) is 13.1 Å². The van der Waals surface area contributed by atoms with Crippen LogP contribution >= 0.6 is 0 Å². The molecule has 0 aliphatic carbocycles. The lowest BCUT2D eigenvalue weighted by Gasteiger charge is -2.33. The Bertz CT molecular complexity index is 436. The molecule has 2 unspecified atom stereocenters. The smallest absolute Gasteiger partial charge is 0.230 e. The second kappa shape index (κ2) is 7.60. The minimum Gasteiger partial charge on any atom is -0.389 e. The third-order valence-electron chi connectivity index (χ3n) is 3.91. The molecule has 1 N–H and O–H groups in total. The molecule has 0 saturated carbocycles. The molecular weight excluding hydrogens is 262 g/mol. The molecule has 0 aromatic heterocycles. The van der Waals surface area contributed by atoms with Gasteiger partial charge in [0.15, 0.2) is 0 Å². The molecule has 3 heteroatoms. The van der Waals surface area contributed by atoms with Gasteiger partial charge in [-0.3, -0.25) is 4.79 Å². The van der Waals surface area contributed by atoms with E-state index in [2.05, 4.69) is 13.8 Å². The molecular formula is C18H29NO2. The van der Waals surface area contributed by atoms with E-state index in [-0.39, 0.29) is 17.7 Å². The molecule has 1 aromatic rings. The van der Waals surface area contributed by atoms with E-state index < -0.39 is 5.60 Å². The Hall–Kier alpha value is -1.35. The summed E-state index contributed by atoms with van der Waals surface area (Å²) in [6, 6.07) is 9.96. The Morgan fingerprint density at radius 1 is 1.24 bits per heavy atom. The molecule has 118 valence electrons. The van der Waals surface area contributed by atoms with E-state index >= 15 is 0 Å². The van der Waals surface area contributed by atoms with E-state index in [1.54, 1.807) is 18.7 Å². The van der Waals surface area contributed by atoms with Gasteiger partial charge in [0.2, 0.25) is 5.91 Å².